The van der Waals surface area contributed by atoms with Gasteiger partial charge in [-0.05, 0) is 25.5 Å². The van der Waals surface area contributed by atoms with Gasteiger partial charge in [-0.2, -0.15) is 0 Å². The van der Waals surface area contributed by atoms with Crippen molar-refractivity contribution < 1.29 is 9.50 Å². The summed E-state index contributed by atoms with van der Waals surface area (Å²) in [6.45, 7) is 3.33. The lowest BCUT2D eigenvalue weighted by Crippen LogP contribution is -2.25. The number of halogens is 1. The quantitative estimate of drug-likeness (QED) is 0.730. The Morgan fingerprint density at radius 1 is 1.46 bits per heavy atom. The molecule has 0 radical (unpaired) electrons. The van der Waals surface area contributed by atoms with Gasteiger partial charge in [0.1, 0.15) is 5.82 Å². The van der Waals surface area contributed by atoms with Crippen LogP contribution in [-0.2, 0) is 0 Å². The maximum Gasteiger partial charge on any atom is 0.128 e. The van der Waals surface area contributed by atoms with E-state index in [1.54, 1.807) is 26.0 Å². The van der Waals surface area contributed by atoms with Crippen molar-refractivity contribution in [3.8, 4) is 0 Å². The topological polar surface area (TPSA) is 46.2 Å². The van der Waals surface area contributed by atoms with Crippen LogP contribution in [0, 0.1) is 12.7 Å². The molecule has 0 saturated heterocycles. The molecule has 0 heterocycles. The fourth-order valence-electron chi connectivity index (χ4n) is 1.31. The average Bonchev–Trinajstić information content (AvgIpc) is 2.03. The van der Waals surface area contributed by atoms with Crippen molar-refractivity contribution in [2.45, 2.75) is 26.0 Å². The molecule has 1 aromatic carbocycles. The van der Waals surface area contributed by atoms with Gasteiger partial charge < -0.3 is 10.8 Å². The molecule has 1 rings (SSSR count). The predicted octanol–water partition coefficient (Wildman–Crippen LogP) is 1.51. The summed E-state index contributed by atoms with van der Waals surface area (Å²) < 4.78 is 13.3. The fourth-order valence-corrected chi connectivity index (χ4v) is 1.31. The second-order valence-electron chi connectivity index (χ2n) is 3.24. The first-order valence-electron chi connectivity index (χ1n) is 4.22. The van der Waals surface area contributed by atoms with Gasteiger partial charge in [-0.1, -0.05) is 12.1 Å². The third kappa shape index (κ3) is 2.05. The van der Waals surface area contributed by atoms with Crippen molar-refractivity contribution in [1.29, 1.82) is 0 Å². The van der Waals surface area contributed by atoms with Crippen LogP contribution in [-0.4, -0.2) is 11.2 Å². The SMILES string of the molecule is Cc1cccc(F)c1C(N)C(C)O. The molecule has 0 aliphatic heterocycles. The van der Waals surface area contributed by atoms with E-state index in [2.05, 4.69) is 0 Å². The molecule has 0 saturated carbocycles. The lowest BCUT2D eigenvalue weighted by Gasteiger charge is -2.17. The Bertz CT molecular complexity index is 279. The van der Waals surface area contributed by atoms with Crippen LogP contribution in [0.25, 0.3) is 0 Å². The first-order valence-corrected chi connectivity index (χ1v) is 4.22. The smallest absolute Gasteiger partial charge is 0.128 e. The second-order valence-corrected chi connectivity index (χ2v) is 3.24. The van der Waals surface area contributed by atoms with Crippen LogP contribution in [0.3, 0.4) is 0 Å². The van der Waals surface area contributed by atoms with Gasteiger partial charge in [0.2, 0.25) is 0 Å². The highest BCUT2D eigenvalue weighted by Gasteiger charge is 2.17. The van der Waals surface area contributed by atoms with Gasteiger partial charge in [-0.3, -0.25) is 0 Å². The predicted molar refractivity (Wildman–Crippen MR) is 49.7 cm³/mol. The number of rotatable bonds is 2. The van der Waals surface area contributed by atoms with Crippen LogP contribution in [0.1, 0.15) is 24.1 Å². The molecule has 13 heavy (non-hydrogen) atoms. The Hall–Kier alpha value is -0.930. The zero-order chi connectivity index (χ0) is 10.0. The van der Waals surface area contributed by atoms with E-state index in [0.29, 0.717) is 5.56 Å². The Kier molecular flexibility index (Phi) is 3.01. The lowest BCUT2D eigenvalue weighted by molar-refractivity contribution is 0.162. The molecule has 2 atom stereocenters. The summed E-state index contributed by atoms with van der Waals surface area (Å²) in [5.41, 5.74) is 6.82. The highest BCUT2D eigenvalue weighted by molar-refractivity contribution is 5.30. The Morgan fingerprint density at radius 2 is 2.08 bits per heavy atom. The highest BCUT2D eigenvalue weighted by Crippen LogP contribution is 2.21. The first kappa shape index (κ1) is 10.2. The molecule has 0 aliphatic carbocycles. The molecule has 0 amide bonds. The number of benzene rings is 1. The van der Waals surface area contributed by atoms with Gasteiger partial charge in [0.15, 0.2) is 0 Å². The number of nitrogens with two attached hydrogens (primary N) is 1. The van der Waals surface area contributed by atoms with Crippen molar-refractivity contribution in [1.82, 2.24) is 0 Å². The van der Waals surface area contributed by atoms with E-state index in [9.17, 15) is 9.50 Å². The number of hydrogen-bond donors (Lipinski definition) is 2. The Balaban J connectivity index is 3.12. The Morgan fingerprint density at radius 3 is 2.54 bits per heavy atom. The van der Waals surface area contributed by atoms with Gasteiger partial charge in [-0.15, -0.1) is 0 Å². The monoisotopic (exact) mass is 183 g/mol. The van der Waals surface area contributed by atoms with Crippen LogP contribution in [0.2, 0.25) is 0 Å². The largest absolute Gasteiger partial charge is 0.391 e. The summed E-state index contributed by atoms with van der Waals surface area (Å²) in [6.07, 6.45) is -0.740. The van der Waals surface area contributed by atoms with Crippen LogP contribution < -0.4 is 5.73 Å². The molecule has 0 bridgehead atoms. The third-order valence-corrected chi connectivity index (χ3v) is 2.12. The molecule has 2 unspecified atom stereocenters. The minimum absolute atomic E-state index is 0.353. The molecule has 0 spiro atoms. The van der Waals surface area contributed by atoms with Crippen LogP contribution in [0.4, 0.5) is 4.39 Å². The molecule has 0 aromatic heterocycles. The fraction of sp³-hybridized carbons (Fsp3) is 0.400. The van der Waals surface area contributed by atoms with Crippen molar-refractivity contribution in [3.63, 3.8) is 0 Å². The summed E-state index contributed by atoms with van der Waals surface area (Å²) in [4.78, 5) is 0. The molecule has 1 aromatic rings. The highest BCUT2D eigenvalue weighted by atomic mass is 19.1. The zero-order valence-corrected chi connectivity index (χ0v) is 7.79. The average molecular weight is 183 g/mol. The third-order valence-electron chi connectivity index (χ3n) is 2.12. The van der Waals surface area contributed by atoms with Gasteiger partial charge in [-0.25, -0.2) is 4.39 Å². The minimum Gasteiger partial charge on any atom is -0.391 e. The lowest BCUT2D eigenvalue weighted by atomic mass is 9.98. The van der Waals surface area contributed by atoms with E-state index in [4.69, 9.17) is 5.73 Å². The molecule has 0 fully saturated rings. The van der Waals surface area contributed by atoms with Gasteiger partial charge >= 0.3 is 0 Å². The summed E-state index contributed by atoms with van der Waals surface area (Å²) >= 11 is 0. The van der Waals surface area contributed by atoms with E-state index in [0.717, 1.165) is 5.56 Å². The van der Waals surface area contributed by atoms with Crippen molar-refractivity contribution >= 4 is 0 Å². The van der Waals surface area contributed by atoms with E-state index in [1.807, 2.05) is 0 Å². The number of aryl methyl sites for hydroxylation is 1. The van der Waals surface area contributed by atoms with E-state index in [-0.39, 0.29) is 5.82 Å². The standard InChI is InChI=1S/C10H14FNO/c1-6-4-3-5-8(11)9(6)10(12)7(2)13/h3-5,7,10,13H,12H2,1-2H3. The molecular formula is C10H14FNO. The van der Waals surface area contributed by atoms with E-state index in [1.165, 1.54) is 6.07 Å². The summed E-state index contributed by atoms with van der Waals surface area (Å²) in [5.74, 6) is -0.353. The summed E-state index contributed by atoms with van der Waals surface area (Å²) in [7, 11) is 0. The molecular weight excluding hydrogens is 169 g/mol. The number of aliphatic hydroxyl groups is 1. The molecule has 0 aliphatic rings. The zero-order valence-electron chi connectivity index (χ0n) is 7.79. The van der Waals surface area contributed by atoms with Crippen molar-refractivity contribution in [2.24, 2.45) is 5.73 Å². The van der Waals surface area contributed by atoms with Crippen molar-refractivity contribution in [3.05, 3.63) is 35.1 Å². The molecule has 2 nitrogen and oxygen atoms in total. The number of aliphatic hydroxyl groups excluding tert-OH is 1. The summed E-state index contributed by atoms with van der Waals surface area (Å²) in [5, 5.41) is 9.23. The second kappa shape index (κ2) is 3.85. The van der Waals surface area contributed by atoms with E-state index >= 15 is 0 Å². The maximum atomic E-state index is 13.3. The first-order chi connectivity index (χ1) is 6.04. The van der Waals surface area contributed by atoms with Gasteiger partial charge in [0, 0.05) is 5.56 Å². The Labute approximate surface area is 77.2 Å². The molecule has 3 N–H and O–H groups in total. The van der Waals surface area contributed by atoms with Crippen LogP contribution >= 0.6 is 0 Å². The van der Waals surface area contributed by atoms with E-state index < -0.39 is 12.1 Å². The maximum absolute atomic E-state index is 13.3. The minimum atomic E-state index is -0.740. The molecule has 72 valence electrons. The van der Waals surface area contributed by atoms with Gasteiger partial charge in [0.25, 0.3) is 0 Å². The summed E-state index contributed by atoms with van der Waals surface area (Å²) in [6, 6.07) is 4.11. The number of hydrogen-bond acceptors (Lipinski definition) is 2. The van der Waals surface area contributed by atoms with Gasteiger partial charge in [0.05, 0.1) is 12.1 Å². The van der Waals surface area contributed by atoms with Crippen molar-refractivity contribution in [2.75, 3.05) is 0 Å². The van der Waals surface area contributed by atoms with Crippen LogP contribution in [0.15, 0.2) is 18.2 Å². The molecule has 3 heteroatoms. The van der Waals surface area contributed by atoms with Crippen LogP contribution in [0.5, 0.6) is 0 Å². The normalized spacial score (nSPS) is 15.5.